The van der Waals surface area contributed by atoms with Gasteiger partial charge < -0.3 is 14.7 Å². The Balaban J connectivity index is 1.20. The van der Waals surface area contributed by atoms with E-state index < -0.39 is 80.3 Å². The van der Waals surface area contributed by atoms with Gasteiger partial charge in [-0.15, -0.1) is 0 Å². The molecule has 2 aliphatic heterocycles. The zero-order valence-corrected chi connectivity index (χ0v) is 32.5. The summed E-state index contributed by atoms with van der Waals surface area (Å²) in [5, 5.41) is 1.37. The van der Waals surface area contributed by atoms with Gasteiger partial charge in [-0.25, -0.2) is 22.0 Å². The normalized spacial score (nSPS) is 19.4. The SMILES string of the molecule is C[C@@H]1Cc2c([nH]c3ccccc23)[C@@H](c2c(F)cc(C(F)C3CN(CCCF)C3)cc2F)N1CC(F)(F)CCC(C)(C)[Si](O)(c1ccccc1)c1ccccc1. The summed E-state index contributed by atoms with van der Waals surface area (Å²) in [6.07, 6.45) is -1.50. The number of halogens is 6. The number of hydrogen-bond acceptors (Lipinski definition) is 3. The number of nitrogens with zero attached hydrogens (tertiary/aromatic N) is 2. The van der Waals surface area contributed by atoms with Gasteiger partial charge in [0.2, 0.25) is 0 Å². The molecule has 0 radical (unpaired) electrons. The lowest BCUT2D eigenvalue weighted by Crippen LogP contribution is -2.65. The number of aromatic amines is 1. The minimum Gasteiger partial charge on any atom is -0.424 e. The summed E-state index contributed by atoms with van der Waals surface area (Å²) in [6.45, 7) is 5.44. The zero-order valence-electron chi connectivity index (χ0n) is 31.5. The number of likely N-dealkylation sites (tertiary alicyclic amines) is 1. The van der Waals surface area contributed by atoms with Crippen LogP contribution in [-0.4, -0.2) is 72.7 Å². The van der Waals surface area contributed by atoms with Gasteiger partial charge in [0.25, 0.3) is 14.2 Å². The monoisotopic (exact) mass is 777 g/mol. The molecule has 4 nitrogen and oxygen atoms in total. The Hall–Kier alpha value is -3.90. The lowest BCUT2D eigenvalue weighted by atomic mass is 9.85. The van der Waals surface area contributed by atoms with Crippen molar-refractivity contribution in [2.45, 2.75) is 75.7 Å². The van der Waals surface area contributed by atoms with Crippen LogP contribution in [0.2, 0.25) is 5.04 Å². The third kappa shape index (κ3) is 7.53. The van der Waals surface area contributed by atoms with Gasteiger partial charge in [0.1, 0.15) is 17.8 Å². The third-order valence-corrected chi connectivity index (χ3v) is 16.7. The molecular weight excluding hydrogens is 729 g/mol. The van der Waals surface area contributed by atoms with Crippen molar-refractivity contribution in [3.8, 4) is 0 Å². The van der Waals surface area contributed by atoms with E-state index in [1.807, 2.05) is 104 Å². The predicted octanol–water partition coefficient (Wildman–Crippen LogP) is 9.03. The van der Waals surface area contributed by atoms with Crippen molar-refractivity contribution in [2.24, 2.45) is 5.92 Å². The molecule has 3 heterocycles. The summed E-state index contributed by atoms with van der Waals surface area (Å²) in [6, 6.07) is 26.2. The minimum absolute atomic E-state index is 0.0152. The van der Waals surface area contributed by atoms with E-state index in [0.717, 1.165) is 39.0 Å². The van der Waals surface area contributed by atoms with Crippen LogP contribution in [0.1, 0.15) is 74.6 Å². The van der Waals surface area contributed by atoms with Gasteiger partial charge in [-0.05, 0) is 70.9 Å². The molecule has 0 amide bonds. The maximum absolute atomic E-state index is 16.6. The Bertz CT molecular complexity index is 2030. The van der Waals surface area contributed by atoms with Crippen molar-refractivity contribution < 1.29 is 31.1 Å². The van der Waals surface area contributed by atoms with Gasteiger partial charge in [-0.2, -0.15) is 0 Å². The van der Waals surface area contributed by atoms with Crippen molar-refractivity contribution in [3.63, 3.8) is 0 Å². The topological polar surface area (TPSA) is 42.5 Å². The maximum Gasteiger partial charge on any atom is 0.260 e. The van der Waals surface area contributed by atoms with Crippen molar-refractivity contribution in [1.29, 1.82) is 0 Å². The smallest absolute Gasteiger partial charge is 0.260 e. The average Bonchev–Trinajstić information content (AvgIpc) is 3.52. The van der Waals surface area contributed by atoms with E-state index in [9.17, 15) is 9.19 Å². The molecule has 0 aliphatic carbocycles. The molecule has 7 rings (SSSR count). The molecule has 11 heteroatoms. The number of fused-ring (bicyclic) bond motifs is 3. The molecule has 1 fully saturated rings. The molecule has 1 aromatic heterocycles. The van der Waals surface area contributed by atoms with Gasteiger partial charge in [0.05, 0.1) is 19.3 Å². The van der Waals surface area contributed by atoms with Gasteiger partial charge in [0.15, 0.2) is 0 Å². The van der Waals surface area contributed by atoms with E-state index in [1.54, 1.807) is 6.92 Å². The standard InChI is InChI=1S/C44H49F6N3OSi/c1-29-23-35-34-17-10-11-18-38(34)51-41(35)42(39-36(46)24-30(25-37(39)47)40(48)31-26-52(27-31)22-12-21-45)53(29)28-44(49,50)20-19-43(2,3)55(54,32-13-6-4-7-14-32)33-15-8-5-9-16-33/h4-11,13-18,24-25,29,31,40,42,51,54H,12,19-23,26-28H2,1-3H3/t29-,40?,42-/m1/s1. The Morgan fingerprint density at radius 3 is 2.05 bits per heavy atom. The quantitative estimate of drug-likeness (QED) is 0.0875. The van der Waals surface area contributed by atoms with E-state index in [2.05, 4.69) is 4.98 Å². The number of benzene rings is 4. The summed E-state index contributed by atoms with van der Waals surface area (Å²) in [5.41, 5.74) is 1.44. The van der Waals surface area contributed by atoms with E-state index in [4.69, 9.17) is 0 Å². The predicted molar refractivity (Wildman–Crippen MR) is 209 cm³/mol. The first-order valence-corrected chi connectivity index (χ1v) is 21.2. The molecule has 2 N–H and O–H groups in total. The van der Waals surface area contributed by atoms with Gasteiger partial charge in [0, 0.05) is 60.2 Å². The number of aromatic nitrogens is 1. The van der Waals surface area contributed by atoms with E-state index >= 15 is 22.0 Å². The van der Waals surface area contributed by atoms with Crippen LogP contribution in [0.4, 0.5) is 26.3 Å². The minimum atomic E-state index is -3.57. The number of H-pyrrole nitrogens is 1. The molecule has 3 atom stereocenters. The van der Waals surface area contributed by atoms with Crippen molar-refractivity contribution in [3.05, 3.63) is 131 Å². The molecule has 292 valence electrons. The molecule has 5 aromatic rings. The summed E-state index contributed by atoms with van der Waals surface area (Å²) in [7, 11) is -3.57. The molecule has 0 saturated carbocycles. The molecular formula is C44H49F6N3OSi. The molecule has 55 heavy (non-hydrogen) atoms. The van der Waals surface area contributed by atoms with Gasteiger partial charge in [-0.3, -0.25) is 9.29 Å². The van der Waals surface area contributed by atoms with Gasteiger partial charge in [-0.1, -0.05) is 92.7 Å². The van der Waals surface area contributed by atoms with E-state index in [-0.39, 0.29) is 12.0 Å². The number of para-hydroxylation sites is 1. The number of nitrogens with one attached hydrogen (secondary N) is 1. The first kappa shape index (κ1) is 39.3. The highest BCUT2D eigenvalue weighted by Crippen LogP contribution is 2.47. The maximum atomic E-state index is 16.6. The number of hydrogen-bond donors (Lipinski definition) is 2. The molecule has 2 aliphatic rings. The Morgan fingerprint density at radius 2 is 1.45 bits per heavy atom. The van der Waals surface area contributed by atoms with Gasteiger partial charge >= 0.3 is 0 Å². The van der Waals surface area contributed by atoms with Crippen LogP contribution in [0.3, 0.4) is 0 Å². The second kappa shape index (κ2) is 15.6. The fraction of sp³-hybridized carbons (Fsp3) is 0.409. The van der Waals surface area contributed by atoms with Crippen molar-refractivity contribution in [2.75, 3.05) is 32.9 Å². The highest BCUT2D eigenvalue weighted by Gasteiger charge is 2.52. The summed E-state index contributed by atoms with van der Waals surface area (Å²) in [4.78, 5) is 19.3. The second-order valence-electron chi connectivity index (χ2n) is 16.2. The first-order valence-electron chi connectivity index (χ1n) is 19.2. The van der Waals surface area contributed by atoms with Crippen LogP contribution in [0.15, 0.2) is 97.1 Å². The van der Waals surface area contributed by atoms with E-state index in [1.165, 1.54) is 4.90 Å². The lowest BCUT2D eigenvalue weighted by molar-refractivity contribution is -0.0615. The molecule has 4 aromatic carbocycles. The summed E-state index contributed by atoms with van der Waals surface area (Å²) in [5.74, 6) is -5.79. The lowest BCUT2D eigenvalue weighted by Gasteiger charge is -2.44. The fourth-order valence-corrected chi connectivity index (χ4v) is 12.7. The Morgan fingerprint density at radius 1 is 0.873 bits per heavy atom. The number of alkyl halides is 4. The average molecular weight is 778 g/mol. The fourth-order valence-electron chi connectivity index (χ4n) is 8.95. The molecule has 1 unspecified atom stereocenters. The third-order valence-electron chi connectivity index (χ3n) is 12.1. The van der Waals surface area contributed by atoms with Crippen molar-refractivity contribution >= 4 is 29.6 Å². The largest absolute Gasteiger partial charge is 0.424 e. The van der Waals surface area contributed by atoms with E-state index in [0.29, 0.717) is 38.2 Å². The second-order valence-corrected chi connectivity index (χ2v) is 20.2. The molecule has 0 spiro atoms. The van der Waals surface area contributed by atoms with Crippen LogP contribution in [-0.2, 0) is 6.42 Å². The first-order chi connectivity index (χ1) is 26.2. The molecule has 0 bridgehead atoms. The highest BCUT2D eigenvalue weighted by atomic mass is 28.4. The highest BCUT2D eigenvalue weighted by molar-refractivity contribution is 6.98. The Labute approximate surface area is 320 Å². The van der Waals surface area contributed by atoms with Crippen molar-refractivity contribution in [1.82, 2.24) is 14.8 Å². The van der Waals surface area contributed by atoms with Crippen LogP contribution in [0, 0.1) is 17.6 Å². The van der Waals surface area contributed by atoms with Crippen LogP contribution in [0.5, 0.6) is 0 Å². The van der Waals surface area contributed by atoms with Crippen LogP contribution < -0.4 is 10.4 Å². The summed E-state index contributed by atoms with van der Waals surface area (Å²) >= 11 is 0. The summed E-state index contributed by atoms with van der Waals surface area (Å²) < 4.78 is 94.3. The molecule has 1 saturated heterocycles. The van der Waals surface area contributed by atoms with Crippen LogP contribution in [0.25, 0.3) is 10.9 Å². The zero-order chi connectivity index (χ0) is 39.1. The number of rotatable bonds is 14. The Kier molecular flexibility index (Phi) is 11.1. The van der Waals surface area contributed by atoms with Crippen LogP contribution >= 0.6 is 0 Å².